The molecule has 1 spiro atoms. The van der Waals surface area contributed by atoms with Crippen LogP contribution >= 0.6 is 11.6 Å². The minimum absolute atomic E-state index is 0.229. The fourth-order valence-electron chi connectivity index (χ4n) is 3.97. The summed E-state index contributed by atoms with van der Waals surface area (Å²) in [5, 5.41) is 8.20. The van der Waals surface area contributed by atoms with Crippen LogP contribution in [-0.2, 0) is 4.79 Å². The van der Waals surface area contributed by atoms with Crippen molar-refractivity contribution >= 4 is 29.4 Å². The van der Waals surface area contributed by atoms with Gasteiger partial charge in [0.1, 0.15) is 11.3 Å². The Morgan fingerprint density at radius 1 is 1.19 bits per heavy atom. The summed E-state index contributed by atoms with van der Waals surface area (Å²) in [4.78, 5) is 36.8. The average Bonchev–Trinajstić information content (AvgIpc) is 2.87. The fourth-order valence-corrected chi connectivity index (χ4v) is 4.22. The summed E-state index contributed by atoms with van der Waals surface area (Å²) >= 11 is 6.30. The second kappa shape index (κ2) is 7.03. The van der Waals surface area contributed by atoms with E-state index in [4.69, 9.17) is 16.3 Å². The van der Waals surface area contributed by atoms with Crippen molar-refractivity contribution in [2.75, 3.05) is 0 Å². The van der Waals surface area contributed by atoms with Crippen LogP contribution in [0, 0.1) is 0 Å². The van der Waals surface area contributed by atoms with E-state index in [9.17, 15) is 14.4 Å². The highest BCUT2D eigenvalue weighted by Gasteiger charge is 2.53. The summed E-state index contributed by atoms with van der Waals surface area (Å²) in [7, 11) is 0. The molecule has 2 aliphatic carbocycles. The molecule has 3 aliphatic rings. The van der Waals surface area contributed by atoms with Gasteiger partial charge in [0, 0.05) is 0 Å². The summed E-state index contributed by atoms with van der Waals surface area (Å²) in [5.74, 6) is -0.0962. The lowest BCUT2D eigenvalue weighted by atomic mass is 9.77. The van der Waals surface area contributed by atoms with Crippen LogP contribution in [0.25, 0.3) is 0 Å². The summed E-state index contributed by atoms with van der Waals surface area (Å²) in [6, 6.07) is 4.02. The Morgan fingerprint density at radius 3 is 2.63 bits per heavy atom. The van der Waals surface area contributed by atoms with Gasteiger partial charge in [0.05, 0.1) is 22.7 Å². The molecule has 7 nitrogen and oxygen atoms in total. The predicted molar refractivity (Wildman–Crippen MR) is 98.8 cm³/mol. The Balaban J connectivity index is 1.49. The minimum Gasteiger partial charge on any atom is -0.490 e. The van der Waals surface area contributed by atoms with E-state index in [0.717, 1.165) is 25.7 Å². The van der Waals surface area contributed by atoms with E-state index in [1.807, 2.05) is 0 Å². The Hall–Kier alpha value is -2.28. The molecule has 1 saturated heterocycles. The van der Waals surface area contributed by atoms with E-state index < -0.39 is 17.6 Å². The van der Waals surface area contributed by atoms with Gasteiger partial charge in [-0.2, -0.15) is 0 Å². The quantitative estimate of drug-likeness (QED) is 0.687. The van der Waals surface area contributed by atoms with Gasteiger partial charge < -0.3 is 15.4 Å². The smallest absolute Gasteiger partial charge is 0.322 e. The Labute approximate surface area is 162 Å². The highest BCUT2D eigenvalue weighted by atomic mass is 35.5. The van der Waals surface area contributed by atoms with Crippen LogP contribution in [-0.4, -0.2) is 35.5 Å². The van der Waals surface area contributed by atoms with Gasteiger partial charge in [0.25, 0.3) is 11.8 Å². The van der Waals surface area contributed by atoms with Crippen molar-refractivity contribution in [3.05, 3.63) is 28.8 Å². The summed E-state index contributed by atoms with van der Waals surface area (Å²) in [6.07, 6.45) is 6.27. The molecule has 2 unspecified atom stereocenters. The molecule has 8 heteroatoms. The highest BCUT2D eigenvalue weighted by Crippen LogP contribution is 2.32. The molecule has 0 aromatic heterocycles. The summed E-state index contributed by atoms with van der Waals surface area (Å²) in [5.41, 5.74) is -0.756. The standard InChI is InChI=1S/C19H22ClN3O4/c20-14-10-12(27-11-4-3-5-11)7-8-13(14)16(24)21-15-6-1-2-9-19(15)17(25)22-18(26)23-19/h7-8,10-11,15H,1-6,9H2,(H,21,24)(H2,22,23,25,26). The zero-order valence-corrected chi connectivity index (χ0v) is 15.6. The number of hydrogen-bond donors (Lipinski definition) is 3. The lowest BCUT2D eigenvalue weighted by Gasteiger charge is -2.38. The maximum absolute atomic E-state index is 12.8. The second-order valence-corrected chi connectivity index (χ2v) is 7.87. The Morgan fingerprint density at radius 2 is 2.00 bits per heavy atom. The molecular weight excluding hydrogens is 370 g/mol. The van der Waals surface area contributed by atoms with Gasteiger partial charge in [-0.3, -0.25) is 14.9 Å². The third-order valence-electron chi connectivity index (χ3n) is 5.72. The third kappa shape index (κ3) is 3.36. The number of nitrogens with one attached hydrogen (secondary N) is 3. The lowest BCUT2D eigenvalue weighted by molar-refractivity contribution is -0.125. The Kier molecular flexibility index (Phi) is 4.72. The number of halogens is 1. The molecule has 3 N–H and O–H groups in total. The zero-order valence-electron chi connectivity index (χ0n) is 14.8. The summed E-state index contributed by atoms with van der Waals surface area (Å²) in [6.45, 7) is 0. The number of benzene rings is 1. The zero-order chi connectivity index (χ0) is 19.0. The maximum Gasteiger partial charge on any atom is 0.322 e. The normalized spacial score (nSPS) is 27.7. The van der Waals surface area contributed by atoms with Crippen molar-refractivity contribution in [2.45, 2.75) is 62.6 Å². The number of carbonyl (C=O) groups excluding carboxylic acids is 3. The number of rotatable bonds is 4. The highest BCUT2D eigenvalue weighted by molar-refractivity contribution is 6.34. The van der Waals surface area contributed by atoms with E-state index in [0.29, 0.717) is 29.2 Å². The molecular formula is C19H22ClN3O4. The van der Waals surface area contributed by atoms with Gasteiger partial charge in [-0.25, -0.2) is 4.79 Å². The van der Waals surface area contributed by atoms with Gasteiger partial charge in [-0.05, 0) is 50.3 Å². The first kappa shape index (κ1) is 18.1. The second-order valence-electron chi connectivity index (χ2n) is 7.46. The van der Waals surface area contributed by atoms with Crippen LogP contribution in [0.5, 0.6) is 5.75 Å². The van der Waals surface area contributed by atoms with Gasteiger partial charge in [0.2, 0.25) is 0 Å². The van der Waals surface area contributed by atoms with Crippen molar-refractivity contribution in [1.29, 1.82) is 0 Å². The molecule has 4 amide bonds. The van der Waals surface area contributed by atoms with Crippen molar-refractivity contribution in [2.24, 2.45) is 0 Å². The van der Waals surface area contributed by atoms with Crippen LogP contribution < -0.4 is 20.7 Å². The van der Waals surface area contributed by atoms with Crippen molar-refractivity contribution < 1.29 is 19.1 Å². The lowest BCUT2D eigenvalue weighted by Crippen LogP contribution is -2.63. The monoisotopic (exact) mass is 391 g/mol. The number of carbonyl (C=O) groups is 3. The first-order valence-corrected chi connectivity index (χ1v) is 9.76. The number of urea groups is 1. The molecule has 144 valence electrons. The van der Waals surface area contributed by atoms with E-state index in [-0.39, 0.29) is 17.9 Å². The van der Waals surface area contributed by atoms with Gasteiger partial charge >= 0.3 is 6.03 Å². The molecule has 2 atom stereocenters. The minimum atomic E-state index is -1.08. The molecule has 27 heavy (non-hydrogen) atoms. The first-order chi connectivity index (χ1) is 13.0. The first-order valence-electron chi connectivity index (χ1n) is 9.38. The number of hydrogen-bond acceptors (Lipinski definition) is 4. The number of ether oxygens (including phenoxy) is 1. The van der Waals surface area contributed by atoms with Crippen LogP contribution in [0.3, 0.4) is 0 Å². The molecule has 3 fully saturated rings. The molecule has 1 aromatic carbocycles. The molecule has 0 radical (unpaired) electrons. The van der Waals surface area contributed by atoms with Crippen LogP contribution in [0.15, 0.2) is 18.2 Å². The van der Waals surface area contributed by atoms with Crippen LogP contribution in [0.2, 0.25) is 5.02 Å². The Bertz CT molecular complexity index is 795. The summed E-state index contributed by atoms with van der Waals surface area (Å²) < 4.78 is 5.80. The molecule has 1 aliphatic heterocycles. The van der Waals surface area contributed by atoms with E-state index in [1.165, 1.54) is 6.42 Å². The topological polar surface area (TPSA) is 96.5 Å². The van der Waals surface area contributed by atoms with Crippen molar-refractivity contribution in [1.82, 2.24) is 16.0 Å². The fraction of sp³-hybridized carbons (Fsp3) is 0.526. The SMILES string of the molecule is O=C1NC(=O)C2(CCCCC2NC(=O)c2ccc(OC3CCC3)cc2Cl)N1. The predicted octanol–water partition coefficient (Wildman–Crippen LogP) is 2.52. The van der Waals surface area contributed by atoms with Gasteiger partial charge in [-0.1, -0.05) is 24.4 Å². The molecule has 2 saturated carbocycles. The third-order valence-corrected chi connectivity index (χ3v) is 6.04. The molecule has 1 aromatic rings. The van der Waals surface area contributed by atoms with Crippen LogP contribution in [0.1, 0.15) is 55.3 Å². The number of imide groups is 1. The van der Waals surface area contributed by atoms with Crippen molar-refractivity contribution in [3.8, 4) is 5.75 Å². The number of amides is 4. The largest absolute Gasteiger partial charge is 0.490 e. The van der Waals surface area contributed by atoms with Crippen LogP contribution in [0.4, 0.5) is 4.79 Å². The molecule has 4 rings (SSSR count). The average molecular weight is 392 g/mol. The van der Waals surface area contributed by atoms with E-state index in [2.05, 4.69) is 16.0 Å². The van der Waals surface area contributed by atoms with Gasteiger partial charge in [-0.15, -0.1) is 0 Å². The molecule has 0 bridgehead atoms. The van der Waals surface area contributed by atoms with Gasteiger partial charge in [0.15, 0.2) is 0 Å². The maximum atomic E-state index is 12.8. The van der Waals surface area contributed by atoms with Crippen molar-refractivity contribution in [3.63, 3.8) is 0 Å². The van der Waals surface area contributed by atoms with E-state index >= 15 is 0 Å². The molecule has 1 heterocycles. The van der Waals surface area contributed by atoms with E-state index in [1.54, 1.807) is 18.2 Å².